The predicted molar refractivity (Wildman–Crippen MR) is 93.7 cm³/mol. The zero-order valence-electron chi connectivity index (χ0n) is 15.1. The Hall–Kier alpha value is -2.48. The fourth-order valence-corrected chi connectivity index (χ4v) is 3.51. The summed E-state index contributed by atoms with van der Waals surface area (Å²) in [5.74, 6) is 1.81. The van der Waals surface area contributed by atoms with Crippen molar-refractivity contribution < 1.29 is 14.1 Å². The van der Waals surface area contributed by atoms with E-state index in [-0.39, 0.29) is 17.4 Å². The number of hydrogen-bond acceptors (Lipinski definition) is 7. The van der Waals surface area contributed by atoms with Crippen molar-refractivity contribution >= 4 is 5.91 Å². The molecule has 2 saturated heterocycles. The second-order valence-electron chi connectivity index (χ2n) is 7.28. The molecule has 26 heavy (non-hydrogen) atoms. The van der Waals surface area contributed by atoms with Gasteiger partial charge in [0.2, 0.25) is 17.6 Å². The van der Waals surface area contributed by atoms with E-state index in [9.17, 15) is 4.79 Å². The normalized spacial score (nSPS) is 25.6. The Kier molecular flexibility index (Phi) is 4.36. The summed E-state index contributed by atoms with van der Waals surface area (Å²) in [6.45, 7) is 6.77. The maximum Gasteiger partial charge on any atom is 0.234 e. The molecular formula is C18H23N5O3. The molecule has 4 heterocycles. The summed E-state index contributed by atoms with van der Waals surface area (Å²) in [6, 6.07) is 3.68. The lowest BCUT2D eigenvalue weighted by molar-refractivity contribution is -0.128. The minimum absolute atomic E-state index is 0.0707. The van der Waals surface area contributed by atoms with Crippen LogP contribution in [0.1, 0.15) is 32.6 Å². The van der Waals surface area contributed by atoms with Crippen LogP contribution in [-0.4, -0.2) is 58.2 Å². The van der Waals surface area contributed by atoms with Crippen LogP contribution in [0.3, 0.4) is 0 Å². The van der Waals surface area contributed by atoms with Crippen LogP contribution in [-0.2, 0) is 10.2 Å². The molecule has 0 spiro atoms. The van der Waals surface area contributed by atoms with Crippen LogP contribution >= 0.6 is 0 Å². The first-order valence-corrected chi connectivity index (χ1v) is 8.97. The van der Waals surface area contributed by atoms with Gasteiger partial charge in [-0.15, -0.1) is 0 Å². The Bertz CT molecular complexity index is 802. The average Bonchev–Trinajstić information content (AvgIpc) is 3.36. The predicted octanol–water partition coefficient (Wildman–Crippen LogP) is 1.38. The zero-order valence-corrected chi connectivity index (χ0v) is 15.1. The fraction of sp³-hybridized carbons (Fsp3) is 0.556. The lowest BCUT2D eigenvalue weighted by atomic mass is 9.90. The highest BCUT2D eigenvalue weighted by Gasteiger charge is 2.41. The van der Waals surface area contributed by atoms with Gasteiger partial charge in [-0.2, -0.15) is 4.98 Å². The largest absolute Gasteiger partial charge is 0.489 e. The van der Waals surface area contributed by atoms with E-state index >= 15 is 0 Å². The number of pyridine rings is 1. The Labute approximate surface area is 151 Å². The van der Waals surface area contributed by atoms with Gasteiger partial charge in [-0.05, 0) is 32.4 Å². The molecule has 2 atom stereocenters. The van der Waals surface area contributed by atoms with Crippen molar-refractivity contribution in [2.75, 3.05) is 26.2 Å². The number of rotatable bonds is 4. The van der Waals surface area contributed by atoms with Gasteiger partial charge in [-0.1, -0.05) is 5.16 Å². The van der Waals surface area contributed by atoms with E-state index in [4.69, 9.17) is 9.26 Å². The number of hydrogen-bond donors (Lipinski definition) is 1. The molecule has 2 fully saturated rings. The van der Waals surface area contributed by atoms with Gasteiger partial charge in [-0.25, -0.2) is 0 Å². The molecule has 0 bridgehead atoms. The number of aromatic nitrogens is 3. The maximum absolute atomic E-state index is 11.6. The van der Waals surface area contributed by atoms with Gasteiger partial charge >= 0.3 is 0 Å². The second-order valence-corrected chi connectivity index (χ2v) is 7.28. The monoisotopic (exact) mass is 357 g/mol. The van der Waals surface area contributed by atoms with Crippen LogP contribution in [0.5, 0.6) is 5.75 Å². The molecule has 2 unspecified atom stereocenters. The number of nitrogens with one attached hydrogen (secondary N) is 1. The zero-order chi connectivity index (χ0) is 18.1. The van der Waals surface area contributed by atoms with Crippen LogP contribution in [0.15, 0.2) is 22.9 Å². The number of nitrogens with zero attached hydrogens (tertiary/aromatic N) is 4. The molecule has 0 saturated carbocycles. The van der Waals surface area contributed by atoms with Crippen molar-refractivity contribution in [3.63, 3.8) is 0 Å². The summed E-state index contributed by atoms with van der Waals surface area (Å²) in [5.41, 5.74) is 0.300. The molecule has 2 aliphatic heterocycles. The average molecular weight is 357 g/mol. The molecule has 8 nitrogen and oxygen atoms in total. The minimum atomic E-state index is -0.319. The third-order valence-electron chi connectivity index (χ3n) is 5.14. The van der Waals surface area contributed by atoms with Crippen LogP contribution in [0.4, 0.5) is 0 Å². The summed E-state index contributed by atoms with van der Waals surface area (Å²) in [4.78, 5) is 22.3. The van der Waals surface area contributed by atoms with Crippen molar-refractivity contribution in [1.82, 2.24) is 25.3 Å². The maximum atomic E-state index is 11.6. The smallest absolute Gasteiger partial charge is 0.234 e. The van der Waals surface area contributed by atoms with Crippen molar-refractivity contribution in [2.45, 2.75) is 38.2 Å². The van der Waals surface area contributed by atoms with E-state index in [1.807, 2.05) is 24.0 Å². The Morgan fingerprint density at radius 3 is 3.12 bits per heavy atom. The number of carbonyl (C=O) groups excluding carboxylic acids is 1. The van der Waals surface area contributed by atoms with E-state index in [2.05, 4.69) is 20.4 Å². The topological polar surface area (TPSA) is 93.4 Å². The van der Waals surface area contributed by atoms with Crippen molar-refractivity contribution in [2.24, 2.45) is 0 Å². The van der Waals surface area contributed by atoms with Gasteiger partial charge in [-0.3, -0.25) is 9.78 Å². The number of ether oxygens (including phenoxy) is 1. The SMILES string of the molecule is CC(=O)N1CCC(C)(c2nc(-c3cc(OC4CCNC4)ccn3)no2)C1. The molecule has 0 aromatic carbocycles. The number of likely N-dealkylation sites (tertiary alicyclic amines) is 1. The van der Waals surface area contributed by atoms with E-state index < -0.39 is 0 Å². The standard InChI is InChI=1S/C18H23N5O3/c1-12(24)23-8-5-18(2,11-23)17-21-16(22-26-17)15-9-13(4-7-20-15)25-14-3-6-19-10-14/h4,7,9,14,19H,3,5-6,8,10-11H2,1-2H3. The van der Waals surface area contributed by atoms with Gasteiger partial charge in [0.05, 0.1) is 5.41 Å². The lowest BCUT2D eigenvalue weighted by Crippen LogP contribution is -2.31. The van der Waals surface area contributed by atoms with E-state index in [0.29, 0.717) is 30.5 Å². The highest BCUT2D eigenvalue weighted by atomic mass is 16.5. The summed E-state index contributed by atoms with van der Waals surface area (Å²) in [5, 5.41) is 7.38. The molecule has 138 valence electrons. The highest BCUT2D eigenvalue weighted by molar-refractivity contribution is 5.73. The van der Waals surface area contributed by atoms with Gasteiger partial charge < -0.3 is 19.5 Å². The van der Waals surface area contributed by atoms with Gasteiger partial charge in [0.25, 0.3) is 0 Å². The van der Waals surface area contributed by atoms with Gasteiger partial charge in [0.15, 0.2) is 0 Å². The molecule has 0 aliphatic carbocycles. The highest BCUT2D eigenvalue weighted by Crippen LogP contribution is 2.34. The van der Waals surface area contributed by atoms with Crippen LogP contribution < -0.4 is 10.1 Å². The van der Waals surface area contributed by atoms with E-state index in [0.717, 1.165) is 31.7 Å². The van der Waals surface area contributed by atoms with Crippen LogP contribution in [0.25, 0.3) is 11.5 Å². The quantitative estimate of drug-likeness (QED) is 0.883. The minimum Gasteiger partial charge on any atom is -0.489 e. The van der Waals surface area contributed by atoms with Crippen molar-refractivity contribution in [3.05, 3.63) is 24.2 Å². The second kappa shape index (κ2) is 6.68. The molecular weight excluding hydrogens is 334 g/mol. The summed E-state index contributed by atoms with van der Waals surface area (Å²) in [7, 11) is 0. The van der Waals surface area contributed by atoms with Gasteiger partial charge in [0.1, 0.15) is 17.5 Å². The molecule has 0 radical (unpaired) electrons. The first-order valence-electron chi connectivity index (χ1n) is 8.97. The Morgan fingerprint density at radius 1 is 1.50 bits per heavy atom. The Morgan fingerprint density at radius 2 is 2.38 bits per heavy atom. The first kappa shape index (κ1) is 17.0. The fourth-order valence-electron chi connectivity index (χ4n) is 3.51. The number of carbonyl (C=O) groups is 1. The molecule has 1 amide bonds. The molecule has 4 rings (SSSR count). The molecule has 2 aromatic heterocycles. The Balaban J connectivity index is 1.52. The van der Waals surface area contributed by atoms with E-state index in [1.165, 1.54) is 0 Å². The van der Waals surface area contributed by atoms with Crippen LogP contribution in [0.2, 0.25) is 0 Å². The summed E-state index contributed by atoms with van der Waals surface area (Å²) in [6.07, 6.45) is 3.67. The first-order chi connectivity index (χ1) is 12.5. The van der Waals surface area contributed by atoms with E-state index in [1.54, 1.807) is 13.1 Å². The van der Waals surface area contributed by atoms with Gasteiger partial charge in [0, 0.05) is 38.8 Å². The van der Waals surface area contributed by atoms with Crippen molar-refractivity contribution in [1.29, 1.82) is 0 Å². The van der Waals surface area contributed by atoms with Crippen LogP contribution in [0, 0.1) is 0 Å². The summed E-state index contributed by atoms with van der Waals surface area (Å²) >= 11 is 0. The lowest BCUT2D eigenvalue weighted by Gasteiger charge is -2.19. The molecule has 2 aromatic rings. The third kappa shape index (κ3) is 3.29. The molecule has 1 N–H and O–H groups in total. The molecule has 2 aliphatic rings. The summed E-state index contributed by atoms with van der Waals surface area (Å²) < 4.78 is 11.5. The third-order valence-corrected chi connectivity index (χ3v) is 5.14. The molecule has 8 heteroatoms. The number of amides is 1. The van der Waals surface area contributed by atoms with Crippen molar-refractivity contribution in [3.8, 4) is 17.3 Å².